The summed E-state index contributed by atoms with van der Waals surface area (Å²) in [5.41, 5.74) is 0.236. The quantitative estimate of drug-likeness (QED) is 0.241. The number of rotatable bonds is 7. The van der Waals surface area contributed by atoms with Crippen LogP contribution in [0, 0.1) is 22.7 Å². The summed E-state index contributed by atoms with van der Waals surface area (Å²) in [7, 11) is 1.65. The molecule has 1 saturated heterocycles. The van der Waals surface area contributed by atoms with Crippen molar-refractivity contribution in [1.29, 1.82) is 0 Å². The van der Waals surface area contributed by atoms with E-state index in [1.165, 1.54) is 0 Å². The highest BCUT2D eigenvalue weighted by atomic mass is 16.7. The summed E-state index contributed by atoms with van der Waals surface area (Å²) < 4.78 is 31.7. The number of benzene rings is 2. The summed E-state index contributed by atoms with van der Waals surface area (Å²) in [5, 5.41) is 12.0. The topological polar surface area (TPSA) is 83.5 Å². The van der Waals surface area contributed by atoms with Gasteiger partial charge in [0.15, 0.2) is 12.1 Å². The molecule has 6 rings (SSSR count). The smallest absolute Gasteiger partial charge is 0.184 e. The average molecular weight is 577 g/mol. The molecule has 3 aliphatic carbocycles. The fourth-order valence-electron chi connectivity index (χ4n) is 8.30. The largest absolute Gasteiger partial charge is 0.497 e. The number of allylic oxidation sites excluding steroid dienone is 1. The molecule has 2 aromatic carbocycles. The lowest BCUT2D eigenvalue weighted by Gasteiger charge is -2.52. The minimum atomic E-state index is -1.43. The maximum atomic E-state index is 14.0. The fourth-order valence-corrected chi connectivity index (χ4v) is 8.30. The van der Waals surface area contributed by atoms with Crippen molar-refractivity contribution in [3.63, 3.8) is 0 Å². The first-order chi connectivity index (χ1) is 20.1. The second kappa shape index (κ2) is 11.2. The van der Waals surface area contributed by atoms with Crippen LogP contribution in [0.15, 0.2) is 66.7 Å². The van der Waals surface area contributed by atoms with Crippen LogP contribution in [0.1, 0.15) is 70.3 Å². The number of carbonyl (C=O) groups is 1. The summed E-state index contributed by atoms with van der Waals surface area (Å²) in [4.78, 5) is 14.0. The lowest BCUT2D eigenvalue weighted by Crippen LogP contribution is -2.57. The van der Waals surface area contributed by atoms with Gasteiger partial charge in [-0.1, -0.05) is 75.4 Å². The van der Waals surface area contributed by atoms with Gasteiger partial charge < -0.3 is 28.8 Å². The molecule has 4 aliphatic rings. The Morgan fingerprint density at radius 2 is 1.76 bits per heavy atom. The zero-order valence-corrected chi connectivity index (χ0v) is 25.2. The van der Waals surface area contributed by atoms with Gasteiger partial charge in [-0.15, -0.1) is 0 Å². The van der Waals surface area contributed by atoms with E-state index in [2.05, 4.69) is 13.5 Å². The number of ether oxygens (including phenoxy) is 5. The van der Waals surface area contributed by atoms with Crippen molar-refractivity contribution in [2.24, 2.45) is 22.7 Å². The molecule has 1 heterocycles. The molecule has 0 unspecified atom stereocenters. The number of ketones is 1. The van der Waals surface area contributed by atoms with Gasteiger partial charge in [0, 0.05) is 22.8 Å². The molecule has 7 heteroatoms. The minimum absolute atomic E-state index is 0.0829. The zero-order valence-electron chi connectivity index (χ0n) is 25.2. The molecule has 7 nitrogen and oxygen atoms in total. The Balaban J connectivity index is 1.35. The highest BCUT2D eigenvalue weighted by molar-refractivity contribution is 5.89. The summed E-state index contributed by atoms with van der Waals surface area (Å²) in [6.45, 7) is 11.2. The van der Waals surface area contributed by atoms with Gasteiger partial charge in [-0.25, -0.2) is 0 Å². The number of carbonyl (C=O) groups excluding carboxylic acids is 1. The normalized spacial score (nSPS) is 37.4. The van der Waals surface area contributed by atoms with Crippen molar-refractivity contribution in [3.8, 4) is 5.75 Å². The molecule has 3 saturated carbocycles. The van der Waals surface area contributed by atoms with Crippen LogP contribution < -0.4 is 4.74 Å². The Bertz CT molecular complexity index is 1290. The maximum Gasteiger partial charge on any atom is 0.184 e. The summed E-state index contributed by atoms with van der Waals surface area (Å²) in [5.74, 6) is 0.336. The van der Waals surface area contributed by atoms with E-state index in [4.69, 9.17) is 23.7 Å². The van der Waals surface area contributed by atoms with Crippen LogP contribution in [0.2, 0.25) is 0 Å². The summed E-state index contributed by atoms with van der Waals surface area (Å²) in [6, 6.07) is 17.8. The lowest BCUT2D eigenvalue weighted by molar-refractivity contribution is -0.191. The van der Waals surface area contributed by atoms with Gasteiger partial charge in [0.1, 0.15) is 18.1 Å². The average Bonchev–Trinajstić information content (AvgIpc) is 3.53. The van der Waals surface area contributed by atoms with Crippen molar-refractivity contribution in [1.82, 2.24) is 0 Å². The van der Waals surface area contributed by atoms with Crippen LogP contribution in [0.25, 0.3) is 0 Å². The molecule has 2 bridgehead atoms. The molecule has 226 valence electrons. The van der Waals surface area contributed by atoms with E-state index in [9.17, 15) is 9.90 Å². The van der Waals surface area contributed by atoms with Gasteiger partial charge in [0.05, 0.1) is 32.0 Å². The molecule has 42 heavy (non-hydrogen) atoms. The van der Waals surface area contributed by atoms with E-state index in [-0.39, 0.29) is 49.1 Å². The second-order valence-electron chi connectivity index (χ2n) is 13.3. The standard InChI is InChI=1S/C35H44O7/c1-22-11-16-29(40-21-39-20-23-9-7-6-8-10-23)34(4)27(22)19-28(36)35(37)18-17-26(33(35,2)3)30-31(34)42-32(41-30)24-12-14-25(38-5)15-13-24/h6-10,12-15,26-27,29-32,37H,1,11,16-21H2,2-5H3/t26-,27-,29+,30-,31+,32-,34+,35-/m1/s1. The number of Topliss-reactive ketones (excluding diaryl/α,β-unsaturated/α-hetero) is 1. The van der Waals surface area contributed by atoms with Crippen LogP contribution in [-0.2, 0) is 30.3 Å². The molecule has 0 aromatic heterocycles. The third-order valence-corrected chi connectivity index (χ3v) is 11.0. The first-order valence-electron chi connectivity index (χ1n) is 15.2. The van der Waals surface area contributed by atoms with Crippen molar-refractivity contribution >= 4 is 5.78 Å². The van der Waals surface area contributed by atoms with E-state index >= 15 is 0 Å². The van der Waals surface area contributed by atoms with E-state index in [1.807, 2.05) is 68.4 Å². The van der Waals surface area contributed by atoms with E-state index in [0.717, 1.165) is 35.3 Å². The number of fused-ring (bicyclic) bond motifs is 6. The Labute approximate surface area is 249 Å². The predicted molar refractivity (Wildman–Crippen MR) is 158 cm³/mol. The van der Waals surface area contributed by atoms with Gasteiger partial charge in [-0.2, -0.15) is 0 Å². The Kier molecular flexibility index (Phi) is 7.86. The number of hydrogen-bond acceptors (Lipinski definition) is 7. The van der Waals surface area contributed by atoms with Gasteiger partial charge in [-0.05, 0) is 55.2 Å². The van der Waals surface area contributed by atoms with Crippen LogP contribution in [0.4, 0.5) is 0 Å². The van der Waals surface area contributed by atoms with E-state index in [0.29, 0.717) is 19.4 Å². The minimum Gasteiger partial charge on any atom is -0.497 e. The molecular weight excluding hydrogens is 532 g/mol. The highest BCUT2D eigenvalue weighted by Crippen LogP contribution is 2.62. The van der Waals surface area contributed by atoms with E-state index in [1.54, 1.807) is 7.11 Å². The van der Waals surface area contributed by atoms with Crippen LogP contribution in [0.5, 0.6) is 5.75 Å². The molecule has 0 amide bonds. The summed E-state index contributed by atoms with van der Waals surface area (Å²) in [6.07, 6.45) is 1.21. The Morgan fingerprint density at radius 1 is 1.02 bits per heavy atom. The molecule has 0 radical (unpaired) electrons. The maximum absolute atomic E-state index is 14.0. The van der Waals surface area contributed by atoms with Gasteiger partial charge in [0.2, 0.25) is 0 Å². The zero-order chi connectivity index (χ0) is 29.7. The monoisotopic (exact) mass is 576 g/mol. The fraction of sp³-hybridized carbons (Fsp3) is 0.571. The molecule has 1 N–H and O–H groups in total. The third-order valence-electron chi connectivity index (χ3n) is 11.0. The van der Waals surface area contributed by atoms with Gasteiger partial charge in [0.25, 0.3) is 0 Å². The van der Waals surface area contributed by atoms with Gasteiger partial charge in [-0.3, -0.25) is 4.79 Å². The Hall–Kier alpha value is -2.55. The van der Waals surface area contributed by atoms with Crippen LogP contribution in [0.3, 0.4) is 0 Å². The molecular formula is C35H44O7. The molecule has 1 aliphatic heterocycles. The second-order valence-corrected chi connectivity index (χ2v) is 13.3. The van der Waals surface area contributed by atoms with Crippen molar-refractivity contribution in [2.45, 2.75) is 89.7 Å². The van der Waals surface area contributed by atoms with Crippen LogP contribution >= 0.6 is 0 Å². The predicted octanol–water partition coefficient (Wildman–Crippen LogP) is 6.15. The number of aliphatic hydroxyl groups is 1. The molecule has 0 spiro atoms. The number of methoxy groups -OCH3 is 1. The molecule has 2 aromatic rings. The third kappa shape index (κ3) is 4.74. The van der Waals surface area contributed by atoms with Crippen LogP contribution in [-0.4, -0.2) is 48.7 Å². The number of hydrogen-bond donors (Lipinski definition) is 1. The van der Waals surface area contributed by atoms with Crippen molar-refractivity contribution in [2.75, 3.05) is 13.9 Å². The molecule has 4 fully saturated rings. The summed E-state index contributed by atoms with van der Waals surface area (Å²) >= 11 is 0. The Morgan fingerprint density at radius 3 is 2.48 bits per heavy atom. The van der Waals surface area contributed by atoms with Gasteiger partial charge >= 0.3 is 0 Å². The van der Waals surface area contributed by atoms with Crippen molar-refractivity contribution in [3.05, 3.63) is 77.9 Å². The molecule has 8 atom stereocenters. The lowest BCUT2D eigenvalue weighted by atomic mass is 9.58. The van der Waals surface area contributed by atoms with E-state index < -0.39 is 22.7 Å². The van der Waals surface area contributed by atoms with Crippen molar-refractivity contribution < 1.29 is 33.6 Å². The first kappa shape index (κ1) is 29.5. The first-order valence-corrected chi connectivity index (χ1v) is 15.2. The highest BCUT2D eigenvalue weighted by Gasteiger charge is 2.68. The SMILES string of the molecule is C=C1CC[C@H](OCOCc2ccccc2)[C@]2(C)[C@@H]1CC(=O)[C@]1(O)CC[C@H]([C@H]3O[C@@H](c4ccc(OC)cc4)O[C@@H]32)C1(C)C.